The highest BCUT2D eigenvalue weighted by Gasteiger charge is 2.42. The number of rotatable bonds is 0. The third-order valence-electron chi connectivity index (χ3n) is 5.13. The van der Waals surface area contributed by atoms with Crippen LogP contribution >= 0.6 is 11.6 Å². The molecule has 0 N–H and O–H groups in total. The third-order valence-corrected chi connectivity index (χ3v) is 5.37. The van der Waals surface area contributed by atoms with Crippen LogP contribution in [0.5, 0.6) is 0 Å². The van der Waals surface area contributed by atoms with Gasteiger partial charge in [0.15, 0.2) is 0 Å². The van der Waals surface area contributed by atoms with E-state index in [2.05, 4.69) is 56.5 Å². The minimum absolute atomic E-state index is 0.288. The SMILES string of the molecule is CC1N=Cc2ccccc2C2c3ccc(Cl)cc3C1C2C. The third kappa shape index (κ3) is 1.87. The summed E-state index contributed by atoms with van der Waals surface area (Å²) < 4.78 is 0. The number of hydrogen-bond acceptors (Lipinski definition) is 1. The lowest BCUT2D eigenvalue weighted by Gasteiger charge is -2.27. The van der Waals surface area contributed by atoms with Gasteiger partial charge >= 0.3 is 0 Å². The van der Waals surface area contributed by atoms with Gasteiger partial charge in [-0.25, -0.2) is 0 Å². The molecule has 2 aromatic carbocycles. The molecule has 2 aliphatic rings. The van der Waals surface area contributed by atoms with Gasteiger partial charge in [-0.2, -0.15) is 0 Å². The number of fused-ring (bicyclic) bond motifs is 7. The largest absolute Gasteiger partial charge is 0.289 e. The number of benzene rings is 2. The molecule has 1 nitrogen and oxygen atoms in total. The lowest BCUT2D eigenvalue weighted by Crippen LogP contribution is -2.21. The van der Waals surface area contributed by atoms with Crippen LogP contribution in [-0.4, -0.2) is 12.3 Å². The van der Waals surface area contributed by atoms with Gasteiger partial charge in [0.2, 0.25) is 0 Å². The van der Waals surface area contributed by atoms with E-state index >= 15 is 0 Å². The van der Waals surface area contributed by atoms with E-state index in [4.69, 9.17) is 16.6 Å². The molecule has 4 atom stereocenters. The molecule has 21 heavy (non-hydrogen) atoms. The maximum atomic E-state index is 6.25. The van der Waals surface area contributed by atoms with Crippen molar-refractivity contribution >= 4 is 17.8 Å². The molecule has 0 radical (unpaired) electrons. The number of hydrogen-bond donors (Lipinski definition) is 0. The van der Waals surface area contributed by atoms with Crippen molar-refractivity contribution in [2.24, 2.45) is 10.9 Å². The number of aliphatic imine (C=N–C) groups is 1. The Hall–Kier alpha value is -1.60. The van der Waals surface area contributed by atoms with Gasteiger partial charge in [0, 0.05) is 23.1 Å². The average molecular weight is 296 g/mol. The van der Waals surface area contributed by atoms with E-state index in [1.54, 1.807) is 0 Å². The molecule has 1 heterocycles. The Labute approximate surface area is 130 Å². The second kappa shape index (κ2) is 4.71. The highest BCUT2D eigenvalue weighted by atomic mass is 35.5. The average Bonchev–Trinajstić information content (AvgIpc) is 2.77. The van der Waals surface area contributed by atoms with Gasteiger partial charge in [-0.1, -0.05) is 48.9 Å². The molecule has 0 aromatic heterocycles. The summed E-state index contributed by atoms with van der Waals surface area (Å²) in [4.78, 5) is 4.81. The fraction of sp³-hybridized carbons (Fsp3) is 0.316. The van der Waals surface area contributed by atoms with Gasteiger partial charge in [0.05, 0.1) is 6.04 Å². The number of nitrogens with zero attached hydrogens (tertiary/aromatic N) is 1. The Bertz CT molecular complexity index is 734. The first-order valence-corrected chi connectivity index (χ1v) is 7.96. The van der Waals surface area contributed by atoms with Crippen molar-refractivity contribution in [1.29, 1.82) is 0 Å². The zero-order chi connectivity index (χ0) is 14.6. The molecule has 106 valence electrons. The Morgan fingerprint density at radius 2 is 1.76 bits per heavy atom. The zero-order valence-electron chi connectivity index (χ0n) is 12.3. The summed E-state index contributed by atoms with van der Waals surface area (Å²) in [5, 5.41) is 0.829. The van der Waals surface area contributed by atoms with Gasteiger partial charge < -0.3 is 0 Å². The summed E-state index contributed by atoms with van der Waals surface area (Å²) in [6.07, 6.45) is 2.05. The molecule has 2 bridgehead atoms. The fourth-order valence-electron chi connectivity index (χ4n) is 4.24. The van der Waals surface area contributed by atoms with Crippen molar-refractivity contribution in [3.8, 4) is 0 Å². The van der Waals surface area contributed by atoms with E-state index in [9.17, 15) is 0 Å². The van der Waals surface area contributed by atoms with Gasteiger partial charge in [-0.05, 0) is 47.2 Å². The summed E-state index contributed by atoms with van der Waals surface area (Å²) in [5.74, 6) is 1.45. The van der Waals surface area contributed by atoms with Crippen LogP contribution in [0.2, 0.25) is 5.02 Å². The van der Waals surface area contributed by atoms with E-state index in [0.717, 1.165) is 5.02 Å². The molecule has 4 unspecified atom stereocenters. The molecular formula is C19H18ClN. The van der Waals surface area contributed by atoms with Crippen molar-refractivity contribution in [2.75, 3.05) is 0 Å². The van der Waals surface area contributed by atoms with E-state index in [-0.39, 0.29) is 6.04 Å². The first-order valence-electron chi connectivity index (χ1n) is 7.58. The Kier molecular flexibility index (Phi) is 2.93. The Morgan fingerprint density at radius 1 is 0.952 bits per heavy atom. The van der Waals surface area contributed by atoms with Crippen LogP contribution in [0, 0.1) is 5.92 Å². The predicted octanol–water partition coefficient (Wildman–Crippen LogP) is 5.03. The summed E-state index contributed by atoms with van der Waals surface area (Å²) in [5.41, 5.74) is 5.47. The normalized spacial score (nSPS) is 29.5. The first kappa shape index (κ1) is 13.1. The predicted molar refractivity (Wildman–Crippen MR) is 88.7 cm³/mol. The smallest absolute Gasteiger partial charge is 0.0543 e. The second-order valence-corrected chi connectivity index (χ2v) is 6.72. The first-order chi connectivity index (χ1) is 10.2. The van der Waals surface area contributed by atoms with Gasteiger partial charge in [-0.3, -0.25) is 4.99 Å². The zero-order valence-corrected chi connectivity index (χ0v) is 13.0. The molecular weight excluding hydrogens is 278 g/mol. The minimum Gasteiger partial charge on any atom is -0.289 e. The topological polar surface area (TPSA) is 12.4 Å². The van der Waals surface area contributed by atoms with E-state index in [0.29, 0.717) is 17.8 Å². The van der Waals surface area contributed by atoms with Crippen LogP contribution in [0.3, 0.4) is 0 Å². The van der Waals surface area contributed by atoms with Crippen molar-refractivity contribution in [3.63, 3.8) is 0 Å². The van der Waals surface area contributed by atoms with E-state index < -0.39 is 0 Å². The summed E-state index contributed by atoms with van der Waals surface area (Å²) in [6, 6.07) is 15.3. The standard InChI is InChI=1S/C19H18ClN/c1-11-18-12(2)21-10-13-5-3-4-6-15(13)19(11)16-8-7-14(20)9-17(16)18/h3-12,18-19H,1-2H3. The van der Waals surface area contributed by atoms with Gasteiger partial charge in [-0.15, -0.1) is 0 Å². The molecule has 1 aliphatic heterocycles. The van der Waals surface area contributed by atoms with Crippen LogP contribution in [0.15, 0.2) is 47.5 Å². The van der Waals surface area contributed by atoms with Crippen LogP contribution in [0.25, 0.3) is 0 Å². The molecule has 2 aromatic rings. The van der Waals surface area contributed by atoms with E-state index in [1.165, 1.54) is 22.3 Å². The maximum absolute atomic E-state index is 6.25. The molecule has 0 saturated carbocycles. The van der Waals surface area contributed by atoms with Crippen LogP contribution in [0.4, 0.5) is 0 Å². The highest BCUT2D eigenvalue weighted by molar-refractivity contribution is 6.30. The second-order valence-electron chi connectivity index (χ2n) is 6.28. The van der Waals surface area contributed by atoms with Crippen LogP contribution in [-0.2, 0) is 0 Å². The van der Waals surface area contributed by atoms with E-state index in [1.807, 2.05) is 6.07 Å². The molecule has 2 heteroatoms. The molecule has 1 aliphatic carbocycles. The number of halogens is 1. The van der Waals surface area contributed by atoms with Crippen molar-refractivity contribution < 1.29 is 0 Å². The molecule has 0 fully saturated rings. The van der Waals surface area contributed by atoms with Crippen molar-refractivity contribution in [2.45, 2.75) is 31.7 Å². The fourth-order valence-corrected chi connectivity index (χ4v) is 4.42. The Balaban J connectivity index is 2.02. The van der Waals surface area contributed by atoms with Gasteiger partial charge in [0.1, 0.15) is 0 Å². The van der Waals surface area contributed by atoms with Crippen LogP contribution in [0.1, 0.15) is 47.9 Å². The molecule has 0 amide bonds. The lowest BCUT2D eigenvalue weighted by molar-refractivity contribution is 0.409. The minimum atomic E-state index is 0.288. The molecule has 0 saturated heterocycles. The quantitative estimate of drug-likeness (QED) is 0.646. The highest BCUT2D eigenvalue weighted by Crippen LogP contribution is 2.53. The van der Waals surface area contributed by atoms with Crippen molar-refractivity contribution in [3.05, 3.63) is 69.7 Å². The summed E-state index contributed by atoms with van der Waals surface area (Å²) >= 11 is 6.25. The van der Waals surface area contributed by atoms with Crippen LogP contribution < -0.4 is 0 Å². The maximum Gasteiger partial charge on any atom is 0.0543 e. The summed E-state index contributed by atoms with van der Waals surface area (Å²) in [6.45, 7) is 4.58. The molecule has 0 spiro atoms. The van der Waals surface area contributed by atoms with Crippen molar-refractivity contribution in [1.82, 2.24) is 0 Å². The lowest BCUT2D eigenvalue weighted by atomic mass is 9.79. The van der Waals surface area contributed by atoms with Gasteiger partial charge in [0.25, 0.3) is 0 Å². The Morgan fingerprint density at radius 3 is 2.62 bits per heavy atom. The summed E-state index contributed by atoms with van der Waals surface area (Å²) in [7, 11) is 0. The molecule has 4 rings (SSSR count). The monoisotopic (exact) mass is 295 g/mol.